The van der Waals surface area contributed by atoms with Gasteiger partial charge in [0.1, 0.15) is 0 Å². The van der Waals surface area contributed by atoms with Gasteiger partial charge in [-0.05, 0) is 26.3 Å². The molecule has 0 aliphatic rings. The summed E-state index contributed by atoms with van der Waals surface area (Å²) in [5, 5.41) is 2.96. The summed E-state index contributed by atoms with van der Waals surface area (Å²) >= 11 is 0. The van der Waals surface area contributed by atoms with Gasteiger partial charge in [-0.3, -0.25) is 4.79 Å². The molecule has 0 aliphatic carbocycles. The molecule has 0 aliphatic heterocycles. The quantitative estimate of drug-likeness (QED) is 0.463. The van der Waals surface area contributed by atoms with Crippen molar-refractivity contribution in [2.45, 2.75) is 65.3 Å². The lowest BCUT2D eigenvalue weighted by atomic mass is 10.1. The van der Waals surface area contributed by atoms with Gasteiger partial charge in [0.2, 0.25) is 11.7 Å². The Balaban J connectivity index is 2.73. The summed E-state index contributed by atoms with van der Waals surface area (Å²) in [6.45, 7) is 8.49. The lowest BCUT2D eigenvalue weighted by Crippen LogP contribution is -2.36. The molecule has 0 aromatic heterocycles. The molecule has 0 bridgehead atoms. The fourth-order valence-electron chi connectivity index (χ4n) is 3.34. The van der Waals surface area contributed by atoms with E-state index in [4.69, 9.17) is 14.2 Å². The number of anilines is 1. The minimum absolute atomic E-state index is 0.0153. The molecule has 6 nitrogen and oxygen atoms in total. The Morgan fingerprint density at radius 3 is 2.14 bits per heavy atom. The van der Waals surface area contributed by atoms with Crippen molar-refractivity contribution in [1.82, 2.24) is 4.90 Å². The third-order valence-electron chi connectivity index (χ3n) is 4.95. The van der Waals surface area contributed by atoms with Crippen LogP contribution in [0, 0.1) is 0 Å². The summed E-state index contributed by atoms with van der Waals surface area (Å²) in [4.78, 5) is 15.0. The van der Waals surface area contributed by atoms with Crippen LogP contribution in [0.3, 0.4) is 0 Å². The summed E-state index contributed by atoms with van der Waals surface area (Å²) in [5.74, 6) is 1.54. The third-order valence-corrected chi connectivity index (χ3v) is 4.95. The Kier molecular flexibility index (Phi) is 11.4. The van der Waals surface area contributed by atoms with Crippen LogP contribution >= 0.6 is 0 Å². The van der Waals surface area contributed by atoms with Gasteiger partial charge in [-0.1, -0.05) is 33.1 Å². The maximum absolute atomic E-state index is 12.5. The Hall–Kier alpha value is -1.95. The first-order chi connectivity index (χ1) is 13.5. The second-order valence-corrected chi connectivity index (χ2v) is 7.09. The molecule has 0 saturated carbocycles. The topological polar surface area (TPSA) is 60.0 Å². The number of carbonyl (C=O) groups is 1. The van der Waals surface area contributed by atoms with Crippen molar-refractivity contribution in [2.24, 2.45) is 0 Å². The number of hydrogen-bond donors (Lipinski definition) is 1. The molecule has 0 saturated heterocycles. The van der Waals surface area contributed by atoms with Crippen LogP contribution in [0.5, 0.6) is 17.2 Å². The van der Waals surface area contributed by atoms with Crippen LogP contribution in [0.1, 0.15) is 59.3 Å². The molecule has 1 aromatic rings. The minimum atomic E-state index is -0.0153. The van der Waals surface area contributed by atoms with Gasteiger partial charge >= 0.3 is 0 Å². The molecule has 0 radical (unpaired) electrons. The zero-order valence-electron chi connectivity index (χ0n) is 18.5. The average molecular weight is 395 g/mol. The van der Waals surface area contributed by atoms with Gasteiger partial charge in [0, 0.05) is 36.8 Å². The summed E-state index contributed by atoms with van der Waals surface area (Å²) in [6.07, 6.45) is 6.38. The molecule has 0 fully saturated rings. The highest BCUT2D eigenvalue weighted by atomic mass is 16.5. The summed E-state index contributed by atoms with van der Waals surface area (Å²) in [7, 11) is 4.68. The molecule has 1 amide bonds. The van der Waals surface area contributed by atoms with E-state index in [0.717, 1.165) is 25.9 Å². The highest BCUT2D eigenvalue weighted by Gasteiger charge is 2.17. The zero-order chi connectivity index (χ0) is 20.9. The van der Waals surface area contributed by atoms with Crippen molar-refractivity contribution in [1.29, 1.82) is 0 Å². The average Bonchev–Trinajstić information content (AvgIpc) is 2.69. The molecule has 1 rings (SSSR count). The number of unbranched alkanes of at least 4 members (excludes halogenated alkanes) is 2. The second kappa shape index (κ2) is 13.3. The Labute approximate surface area is 170 Å². The van der Waals surface area contributed by atoms with Gasteiger partial charge in [-0.15, -0.1) is 0 Å². The highest BCUT2D eigenvalue weighted by Crippen LogP contribution is 2.39. The molecule has 1 atom stereocenters. The van der Waals surface area contributed by atoms with Crippen LogP contribution < -0.4 is 19.5 Å². The molecule has 0 spiro atoms. The molecule has 0 heterocycles. The van der Waals surface area contributed by atoms with Gasteiger partial charge < -0.3 is 24.4 Å². The largest absolute Gasteiger partial charge is 0.493 e. The zero-order valence-corrected chi connectivity index (χ0v) is 18.5. The molecule has 28 heavy (non-hydrogen) atoms. The van der Waals surface area contributed by atoms with Crippen molar-refractivity contribution in [3.05, 3.63) is 12.1 Å². The highest BCUT2D eigenvalue weighted by molar-refractivity contribution is 5.91. The number of nitrogens with one attached hydrogen (secondary N) is 1. The number of amides is 1. The van der Waals surface area contributed by atoms with Crippen LogP contribution in [0.25, 0.3) is 0 Å². The first kappa shape index (κ1) is 24.1. The van der Waals surface area contributed by atoms with Crippen LogP contribution in [0.2, 0.25) is 0 Å². The van der Waals surface area contributed by atoms with Crippen LogP contribution in [0.4, 0.5) is 5.69 Å². The van der Waals surface area contributed by atoms with Gasteiger partial charge in [0.25, 0.3) is 0 Å². The minimum Gasteiger partial charge on any atom is -0.493 e. The van der Waals surface area contributed by atoms with Crippen LogP contribution in [-0.4, -0.2) is 51.3 Å². The van der Waals surface area contributed by atoms with E-state index in [9.17, 15) is 4.79 Å². The summed E-state index contributed by atoms with van der Waals surface area (Å²) in [6, 6.07) is 3.99. The molecular weight excluding hydrogens is 356 g/mol. The predicted octanol–water partition coefficient (Wildman–Crippen LogP) is 4.72. The third kappa shape index (κ3) is 7.58. The number of nitrogens with zero attached hydrogens (tertiary/aromatic N) is 1. The van der Waals surface area contributed by atoms with E-state index in [0.29, 0.717) is 35.4 Å². The van der Waals surface area contributed by atoms with Gasteiger partial charge in [-0.25, -0.2) is 0 Å². The van der Waals surface area contributed by atoms with E-state index < -0.39 is 0 Å². The molecule has 1 unspecified atom stereocenters. The maximum atomic E-state index is 12.5. The molecule has 160 valence electrons. The summed E-state index contributed by atoms with van der Waals surface area (Å²) < 4.78 is 16.0. The number of carbonyl (C=O) groups excluding carboxylic acids is 1. The van der Waals surface area contributed by atoms with Gasteiger partial charge in [-0.2, -0.15) is 0 Å². The second-order valence-electron chi connectivity index (χ2n) is 7.09. The van der Waals surface area contributed by atoms with E-state index in [1.165, 1.54) is 19.3 Å². The van der Waals surface area contributed by atoms with Crippen molar-refractivity contribution in [3.63, 3.8) is 0 Å². The monoisotopic (exact) mass is 394 g/mol. The maximum Gasteiger partial charge on any atom is 0.225 e. The number of rotatable bonds is 14. The van der Waals surface area contributed by atoms with E-state index in [1.807, 2.05) is 0 Å². The first-order valence-corrected chi connectivity index (χ1v) is 10.3. The molecular formula is C22H38N2O4. The Morgan fingerprint density at radius 2 is 1.64 bits per heavy atom. The standard InChI is InChI=1S/C22H38N2O4/c1-7-9-10-13-24(17(3)11-8-2)14-12-21(25)23-18-15-19(26-4)22(28-6)20(16-18)27-5/h15-17H,7-14H2,1-6H3,(H,23,25). The number of hydrogen-bond acceptors (Lipinski definition) is 5. The lowest BCUT2D eigenvalue weighted by molar-refractivity contribution is -0.116. The van der Waals surface area contributed by atoms with Crippen LogP contribution in [0.15, 0.2) is 12.1 Å². The van der Waals surface area contributed by atoms with Crippen LogP contribution in [-0.2, 0) is 4.79 Å². The van der Waals surface area contributed by atoms with Crippen molar-refractivity contribution >= 4 is 11.6 Å². The van der Waals surface area contributed by atoms with E-state index in [2.05, 4.69) is 31.0 Å². The summed E-state index contributed by atoms with van der Waals surface area (Å²) in [5.41, 5.74) is 0.638. The molecule has 6 heteroatoms. The van der Waals surface area contributed by atoms with E-state index in [1.54, 1.807) is 33.5 Å². The predicted molar refractivity (Wildman–Crippen MR) is 115 cm³/mol. The Morgan fingerprint density at radius 1 is 1.00 bits per heavy atom. The van der Waals surface area contributed by atoms with E-state index in [-0.39, 0.29) is 5.91 Å². The van der Waals surface area contributed by atoms with Gasteiger partial charge in [0.05, 0.1) is 21.3 Å². The smallest absolute Gasteiger partial charge is 0.225 e. The normalized spacial score (nSPS) is 12.0. The Bertz CT molecular complexity index is 567. The number of ether oxygens (including phenoxy) is 3. The van der Waals surface area contributed by atoms with Crippen molar-refractivity contribution < 1.29 is 19.0 Å². The number of methoxy groups -OCH3 is 3. The van der Waals surface area contributed by atoms with E-state index >= 15 is 0 Å². The SMILES string of the molecule is CCCCCN(CCC(=O)Nc1cc(OC)c(OC)c(OC)c1)C(C)CCC. The van der Waals surface area contributed by atoms with Gasteiger partial charge in [0.15, 0.2) is 11.5 Å². The number of benzene rings is 1. The first-order valence-electron chi connectivity index (χ1n) is 10.3. The fourth-order valence-corrected chi connectivity index (χ4v) is 3.34. The lowest BCUT2D eigenvalue weighted by Gasteiger charge is -2.29. The molecule has 1 aromatic carbocycles. The van der Waals surface area contributed by atoms with Crippen molar-refractivity contribution in [3.8, 4) is 17.2 Å². The molecule has 1 N–H and O–H groups in total. The fraction of sp³-hybridized carbons (Fsp3) is 0.682. The van der Waals surface area contributed by atoms with Crippen molar-refractivity contribution in [2.75, 3.05) is 39.7 Å².